The Kier molecular flexibility index (Phi) is 3.42. The second-order valence-electron chi connectivity index (χ2n) is 3.99. The molecular formula is C12H9Cl2N5O. The first kappa shape index (κ1) is 13.1. The predicted octanol–water partition coefficient (Wildman–Crippen LogP) is 3.19. The smallest absolute Gasteiger partial charge is 0.278 e. The summed E-state index contributed by atoms with van der Waals surface area (Å²) in [5.41, 5.74) is 0.560. The van der Waals surface area contributed by atoms with Gasteiger partial charge in [-0.15, -0.1) is 0 Å². The quantitative estimate of drug-likeness (QED) is 0.743. The molecule has 8 heteroatoms. The minimum absolute atomic E-state index is 0.366. The van der Waals surface area contributed by atoms with Gasteiger partial charge in [0, 0.05) is 18.8 Å². The number of hydrogen-bond acceptors (Lipinski definition) is 5. The molecule has 0 aliphatic rings. The lowest BCUT2D eigenvalue weighted by molar-refractivity contribution is 0.422. The van der Waals surface area contributed by atoms with Crippen LogP contribution in [0.3, 0.4) is 0 Å². The minimum Gasteiger partial charge on any atom is -0.332 e. The Bertz CT molecular complexity index is 752. The molecule has 0 saturated heterocycles. The maximum atomic E-state index is 6.10. The van der Waals surface area contributed by atoms with Gasteiger partial charge in [0.05, 0.1) is 10.0 Å². The van der Waals surface area contributed by atoms with Crippen molar-refractivity contribution >= 4 is 23.2 Å². The van der Waals surface area contributed by atoms with Crippen molar-refractivity contribution in [2.75, 3.05) is 0 Å². The standard InChI is InChI=1S/C12H9Cl2N5O/c1-2-10-17-12(20-18-10)9-5-19(6-16-9)11-8(14)3-7(13)4-15-11/h3-6H,2H2,1H3. The van der Waals surface area contributed by atoms with Crippen molar-refractivity contribution in [3.63, 3.8) is 0 Å². The molecule has 0 unspecified atom stereocenters. The lowest BCUT2D eigenvalue weighted by Gasteiger charge is -2.02. The van der Waals surface area contributed by atoms with E-state index in [-0.39, 0.29) is 0 Å². The number of hydrogen-bond donors (Lipinski definition) is 0. The number of halogens is 2. The van der Waals surface area contributed by atoms with Gasteiger partial charge >= 0.3 is 0 Å². The molecule has 3 rings (SSSR count). The normalized spacial score (nSPS) is 10.9. The van der Waals surface area contributed by atoms with E-state index >= 15 is 0 Å². The van der Waals surface area contributed by atoms with Crippen molar-refractivity contribution in [3.8, 4) is 17.4 Å². The van der Waals surface area contributed by atoms with Crippen LogP contribution in [0.2, 0.25) is 10.0 Å². The number of aryl methyl sites for hydroxylation is 1. The summed E-state index contributed by atoms with van der Waals surface area (Å²) in [6.45, 7) is 1.95. The first-order chi connectivity index (χ1) is 9.67. The molecule has 20 heavy (non-hydrogen) atoms. The topological polar surface area (TPSA) is 69.6 Å². The zero-order valence-corrected chi connectivity index (χ0v) is 11.9. The highest BCUT2D eigenvalue weighted by molar-refractivity contribution is 6.35. The van der Waals surface area contributed by atoms with E-state index in [9.17, 15) is 0 Å². The molecule has 0 bridgehead atoms. The summed E-state index contributed by atoms with van der Waals surface area (Å²) in [6.07, 6.45) is 5.52. The lowest BCUT2D eigenvalue weighted by atomic mass is 10.4. The van der Waals surface area contributed by atoms with Crippen molar-refractivity contribution in [2.45, 2.75) is 13.3 Å². The van der Waals surface area contributed by atoms with Crippen LogP contribution in [-0.4, -0.2) is 24.7 Å². The molecule has 0 radical (unpaired) electrons. The van der Waals surface area contributed by atoms with Gasteiger partial charge in [0.15, 0.2) is 11.6 Å². The fraction of sp³-hybridized carbons (Fsp3) is 0.167. The van der Waals surface area contributed by atoms with Crippen molar-refractivity contribution in [1.29, 1.82) is 0 Å². The fourth-order valence-electron chi connectivity index (χ4n) is 1.65. The first-order valence-corrected chi connectivity index (χ1v) is 6.61. The van der Waals surface area contributed by atoms with Crippen molar-refractivity contribution in [2.24, 2.45) is 0 Å². The average Bonchev–Trinajstić information content (AvgIpc) is 3.07. The van der Waals surface area contributed by atoms with Crippen LogP contribution in [-0.2, 0) is 6.42 Å². The van der Waals surface area contributed by atoms with E-state index in [0.29, 0.717) is 39.7 Å². The van der Waals surface area contributed by atoms with Crippen LogP contribution in [0.25, 0.3) is 17.4 Å². The molecular weight excluding hydrogens is 301 g/mol. The molecule has 0 aliphatic heterocycles. The van der Waals surface area contributed by atoms with Crippen LogP contribution in [0.15, 0.2) is 29.3 Å². The maximum absolute atomic E-state index is 6.10. The van der Waals surface area contributed by atoms with Crippen LogP contribution in [0.1, 0.15) is 12.7 Å². The van der Waals surface area contributed by atoms with Gasteiger partial charge in [-0.25, -0.2) is 9.97 Å². The van der Waals surface area contributed by atoms with Crippen molar-refractivity contribution in [1.82, 2.24) is 24.7 Å². The van der Waals surface area contributed by atoms with Crippen LogP contribution in [0.5, 0.6) is 0 Å². The summed E-state index contributed by atoms with van der Waals surface area (Å²) in [4.78, 5) is 12.6. The van der Waals surface area contributed by atoms with E-state index < -0.39 is 0 Å². The van der Waals surface area contributed by atoms with Crippen LogP contribution < -0.4 is 0 Å². The van der Waals surface area contributed by atoms with Gasteiger partial charge in [-0.1, -0.05) is 35.3 Å². The zero-order valence-electron chi connectivity index (χ0n) is 10.4. The Balaban J connectivity index is 1.97. The third-order valence-electron chi connectivity index (χ3n) is 2.62. The lowest BCUT2D eigenvalue weighted by Crippen LogP contribution is -1.94. The Morgan fingerprint density at radius 3 is 2.85 bits per heavy atom. The fourth-order valence-corrected chi connectivity index (χ4v) is 2.13. The highest BCUT2D eigenvalue weighted by Crippen LogP contribution is 2.23. The molecule has 0 saturated carbocycles. The first-order valence-electron chi connectivity index (χ1n) is 5.85. The number of aromatic nitrogens is 5. The van der Waals surface area contributed by atoms with Gasteiger partial charge in [0.2, 0.25) is 0 Å². The number of nitrogens with zero attached hydrogens (tertiary/aromatic N) is 5. The highest BCUT2D eigenvalue weighted by atomic mass is 35.5. The van der Waals surface area contributed by atoms with E-state index in [1.807, 2.05) is 6.92 Å². The Hall–Kier alpha value is -1.92. The Morgan fingerprint density at radius 1 is 1.30 bits per heavy atom. The Morgan fingerprint density at radius 2 is 2.15 bits per heavy atom. The third-order valence-corrected chi connectivity index (χ3v) is 3.10. The monoisotopic (exact) mass is 309 g/mol. The molecule has 6 nitrogen and oxygen atoms in total. The molecule has 0 aromatic carbocycles. The molecule has 0 fully saturated rings. The molecule has 0 N–H and O–H groups in total. The summed E-state index contributed by atoms with van der Waals surface area (Å²) >= 11 is 11.9. The van der Waals surface area contributed by atoms with E-state index in [1.54, 1.807) is 23.2 Å². The van der Waals surface area contributed by atoms with E-state index in [4.69, 9.17) is 27.7 Å². The second kappa shape index (κ2) is 5.22. The molecule has 102 valence electrons. The van der Waals surface area contributed by atoms with Crippen molar-refractivity contribution in [3.05, 3.63) is 40.7 Å². The second-order valence-corrected chi connectivity index (χ2v) is 4.84. The molecule has 0 aliphatic carbocycles. The summed E-state index contributed by atoms with van der Waals surface area (Å²) in [5, 5.41) is 4.73. The molecule has 3 heterocycles. The largest absolute Gasteiger partial charge is 0.332 e. The van der Waals surface area contributed by atoms with Gasteiger partial charge in [-0.05, 0) is 6.07 Å². The van der Waals surface area contributed by atoms with Gasteiger partial charge in [0.25, 0.3) is 5.89 Å². The molecule has 0 spiro atoms. The predicted molar refractivity (Wildman–Crippen MR) is 74.0 cm³/mol. The summed E-state index contributed by atoms with van der Waals surface area (Å²) in [7, 11) is 0. The van der Waals surface area contributed by atoms with Crippen LogP contribution >= 0.6 is 23.2 Å². The summed E-state index contributed by atoms with van der Waals surface area (Å²) < 4.78 is 6.80. The number of rotatable bonds is 3. The molecule has 3 aromatic heterocycles. The van der Waals surface area contributed by atoms with Crippen molar-refractivity contribution < 1.29 is 4.52 Å². The SMILES string of the molecule is CCc1noc(-c2cn(-c3ncc(Cl)cc3Cl)cn2)n1. The summed E-state index contributed by atoms with van der Waals surface area (Å²) in [6, 6.07) is 1.62. The molecule has 3 aromatic rings. The molecule has 0 atom stereocenters. The maximum Gasteiger partial charge on any atom is 0.278 e. The highest BCUT2D eigenvalue weighted by Gasteiger charge is 2.13. The van der Waals surface area contributed by atoms with E-state index in [1.165, 1.54) is 6.20 Å². The minimum atomic E-state index is 0.366. The van der Waals surface area contributed by atoms with E-state index in [0.717, 1.165) is 0 Å². The number of imidazole rings is 1. The third kappa shape index (κ3) is 2.39. The van der Waals surface area contributed by atoms with Crippen LogP contribution in [0.4, 0.5) is 0 Å². The average molecular weight is 310 g/mol. The zero-order chi connectivity index (χ0) is 14.1. The summed E-state index contributed by atoms with van der Waals surface area (Å²) in [5.74, 6) is 1.54. The molecule has 0 amide bonds. The Labute approximate surface area is 124 Å². The van der Waals surface area contributed by atoms with Gasteiger partial charge in [0.1, 0.15) is 12.0 Å². The van der Waals surface area contributed by atoms with Gasteiger partial charge < -0.3 is 4.52 Å². The van der Waals surface area contributed by atoms with Gasteiger partial charge in [-0.3, -0.25) is 4.57 Å². The number of pyridine rings is 1. The van der Waals surface area contributed by atoms with Crippen LogP contribution in [0, 0.1) is 0 Å². The van der Waals surface area contributed by atoms with E-state index in [2.05, 4.69) is 20.1 Å². The van der Waals surface area contributed by atoms with Gasteiger partial charge in [-0.2, -0.15) is 4.98 Å².